The van der Waals surface area contributed by atoms with Crippen molar-refractivity contribution in [2.45, 2.75) is 13.5 Å². The summed E-state index contributed by atoms with van der Waals surface area (Å²) in [5.41, 5.74) is 3.23. The van der Waals surface area contributed by atoms with Crippen LogP contribution < -0.4 is 10.1 Å². The number of amides is 1. The van der Waals surface area contributed by atoms with Gasteiger partial charge in [-0.1, -0.05) is 41.9 Å². The maximum absolute atomic E-state index is 12.6. The van der Waals surface area contributed by atoms with Crippen LogP contribution in [0.1, 0.15) is 21.7 Å². The van der Waals surface area contributed by atoms with E-state index in [1.54, 1.807) is 12.1 Å². The van der Waals surface area contributed by atoms with Crippen molar-refractivity contribution >= 4 is 34.2 Å². The molecule has 0 saturated carbocycles. The second kappa shape index (κ2) is 7.79. The number of carbonyl (C=O) groups excluding carboxylic acids is 1. The zero-order chi connectivity index (χ0) is 19.5. The van der Waals surface area contributed by atoms with E-state index >= 15 is 0 Å². The lowest BCUT2D eigenvalue weighted by Gasteiger charge is -2.08. The van der Waals surface area contributed by atoms with E-state index in [2.05, 4.69) is 5.32 Å². The van der Waals surface area contributed by atoms with Crippen molar-refractivity contribution < 1.29 is 13.9 Å². The summed E-state index contributed by atoms with van der Waals surface area (Å²) in [5.74, 6) is 0.765. The van der Waals surface area contributed by atoms with Crippen LogP contribution in [-0.2, 0) is 6.61 Å². The molecule has 0 atom stereocenters. The van der Waals surface area contributed by atoms with Gasteiger partial charge in [0.15, 0.2) is 5.76 Å². The topological polar surface area (TPSA) is 51.5 Å². The molecule has 1 heterocycles. The first-order chi connectivity index (χ1) is 13.6. The number of fused-ring (bicyclic) bond motifs is 1. The largest absolute Gasteiger partial charge is 0.489 e. The van der Waals surface area contributed by atoms with Gasteiger partial charge in [0.05, 0.1) is 0 Å². The maximum atomic E-state index is 12.6. The lowest BCUT2D eigenvalue weighted by molar-refractivity contribution is 0.0998. The van der Waals surface area contributed by atoms with Crippen LogP contribution in [-0.4, -0.2) is 5.91 Å². The Bertz CT molecular complexity index is 1120. The van der Waals surface area contributed by atoms with E-state index in [9.17, 15) is 4.79 Å². The Morgan fingerprint density at radius 1 is 1.00 bits per heavy atom. The minimum Gasteiger partial charge on any atom is -0.489 e. The SMILES string of the molecule is Cc1c(C(=O)Nc2ccc(OCc3ccc(Cl)cc3)cc2)oc2ccccc12. The van der Waals surface area contributed by atoms with Gasteiger partial charge in [0.25, 0.3) is 5.91 Å². The van der Waals surface area contributed by atoms with Crippen LogP contribution in [0.2, 0.25) is 5.02 Å². The van der Waals surface area contributed by atoms with Gasteiger partial charge in [-0.05, 0) is 55.0 Å². The number of nitrogens with one attached hydrogen (secondary N) is 1. The third-order valence-corrected chi connectivity index (χ3v) is 4.73. The number of halogens is 1. The van der Waals surface area contributed by atoms with E-state index < -0.39 is 0 Å². The molecule has 0 bridgehead atoms. The summed E-state index contributed by atoms with van der Waals surface area (Å²) in [6.45, 7) is 2.33. The molecule has 0 spiro atoms. The molecule has 28 heavy (non-hydrogen) atoms. The van der Waals surface area contributed by atoms with Crippen molar-refractivity contribution in [3.63, 3.8) is 0 Å². The summed E-state index contributed by atoms with van der Waals surface area (Å²) in [6.07, 6.45) is 0. The normalized spacial score (nSPS) is 10.8. The van der Waals surface area contributed by atoms with Crippen LogP contribution in [0.15, 0.2) is 77.2 Å². The molecular formula is C23H18ClNO3. The van der Waals surface area contributed by atoms with Crippen LogP contribution in [0.3, 0.4) is 0 Å². The van der Waals surface area contributed by atoms with Crippen molar-refractivity contribution in [1.82, 2.24) is 0 Å². The first-order valence-electron chi connectivity index (χ1n) is 8.87. The molecule has 0 unspecified atom stereocenters. The second-order valence-electron chi connectivity index (χ2n) is 6.45. The third-order valence-electron chi connectivity index (χ3n) is 4.48. The number of benzene rings is 3. The fraction of sp³-hybridized carbons (Fsp3) is 0.0870. The monoisotopic (exact) mass is 391 g/mol. The molecule has 0 radical (unpaired) electrons. The van der Waals surface area contributed by atoms with E-state index in [0.717, 1.165) is 16.5 Å². The van der Waals surface area contributed by atoms with Crippen LogP contribution in [0.25, 0.3) is 11.0 Å². The van der Waals surface area contributed by atoms with Crippen molar-refractivity contribution in [2.24, 2.45) is 0 Å². The summed E-state index contributed by atoms with van der Waals surface area (Å²) in [7, 11) is 0. The van der Waals surface area contributed by atoms with Gasteiger partial charge in [0.2, 0.25) is 0 Å². The lowest BCUT2D eigenvalue weighted by atomic mass is 10.1. The molecule has 3 aromatic carbocycles. The molecule has 1 aromatic heterocycles. The Kier molecular flexibility index (Phi) is 5.04. The van der Waals surface area contributed by atoms with Crippen LogP contribution in [0.5, 0.6) is 5.75 Å². The van der Waals surface area contributed by atoms with E-state index in [-0.39, 0.29) is 5.91 Å². The fourth-order valence-corrected chi connectivity index (χ4v) is 3.09. The summed E-state index contributed by atoms with van der Waals surface area (Å²) in [5, 5.41) is 4.51. The Morgan fingerprint density at radius 2 is 1.71 bits per heavy atom. The number of ether oxygens (including phenoxy) is 1. The molecule has 1 N–H and O–H groups in total. The molecule has 1 amide bonds. The van der Waals surface area contributed by atoms with Crippen molar-refractivity contribution in [2.75, 3.05) is 5.32 Å². The quantitative estimate of drug-likeness (QED) is 0.439. The molecule has 0 aliphatic heterocycles. The molecule has 0 saturated heterocycles. The highest BCUT2D eigenvalue weighted by molar-refractivity contribution is 6.30. The Morgan fingerprint density at radius 3 is 2.43 bits per heavy atom. The van der Waals surface area contributed by atoms with E-state index in [0.29, 0.717) is 34.4 Å². The van der Waals surface area contributed by atoms with Crippen molar-refractivity contribution in [3.8, 4) is 5.75 Å². The maximum Gasteiger partial charge on any atom is 0.291 e. The van der Waals surface area contributed by atoms with Crippen LogP contribution >= 0.6 is 11.6 Å². The molecule has 140 valence electrons. The number of rotatable bonds is 5. The van der Waals surface area contributed by atoms with Gasteiger partial charge in [-0.25, -0.2) is 0 Å². The van der Waals surface area contributed by atoms with Crippen LogP contribution in [0.4, 0.5) is 5.69 Å². The summed E-state index contributed by atoms with van der Waals surface area (Å²) in [6, 6.07) is 22.3. The van der Waals surface area contributed by atoms with E-state index in [1.807, 2.05) is 67.6 Å². The first kappa shape index (κ1) is 18.1. The number of furan rings is 1. The van der Waals surface area contributed by atoms with Gasteiger partial charge in [0, 0.05) is 21.7 Å². The van der Waals surface area contributed by atoms with Gasteiger partial charge in [-0.3, -0.25) is 4.79 Å². The van der Waals surface area contributed by atoms with Gasteiger partial charge < -0.3 is 14.5 Å². The zero-order valence-corrected chi connectivity index (χ0v) is 16.0. The minimum atomic E-state index is -0.275. The number of hydrogen-bond donors (Lipinski definition) is 1. The third kappa shape index (κ3) is 3.87. The summed E-state index contributed by atoms with van der Waals surface area (Å²) in [4.78, 5) is 12.6. The molecule has 0 aliphatic carbocycles. The smallest absolute Gasteiger partial charge is 0.291 e. The predicted molar refractivity (Wildman–Crippen MR) is 111 cm³/mol. The minimum absolute atomic E-state index is 0.275. The highest BCUT2D eigenvalue weighted by Crippen LogP contribution is 2.26. The average Bonchev–Trinajstić information content (AvgIpc) is 3.06. The van der Waals surface area contributed by atoms with Crippen molar-refractivity contribution in [1.29, 1.82) is 0 Å². The molecule has 4 nitrogen and oxygen atoms in total. The fourth-order valence-electron chi connectivity index (χ4n) is 2.96. The number of aryl methyl sites for hydroxylation is 1. The van der Waals surface area contributed by atoms with Gasteiger partial charge >= 0.3 is 0 Å². The Hall–Kier alpha value is -3.24. The second-order valence-corrected chi connectivity index (χ2v) is 6.88. The highest BCUT2D eigenvalue weighted by Gasteiger charge is 2.17. The Labute approximate surface area is 167 Å². The average molecular weight is 392 g/mol. The van der Waals surface area contributed by atoms with E-state index in [4.69, 9.17) is 20.8 Å². The molecule has 5 heteroatoms. The van der Waals surface area contributed by atoms with Crippen LogP contribution in [0, 0.1) is 6.92 Å². The lowest BCUT2D eigenvalue weighted by Crippen LogP contribution is -2.12. The van der Waals surface area contributed by atoms with Gasteiger partial charge in [-0.2, -0.15) is 0 Å². The standard InChI is InChI=1S/C23H18ClNO3/c1-15-20-4-2-3-5-21(20)28-22(15)23(26)25-18-10-12-19(13-11-18)27-14-16-6-8-17(24)9-7-16/h2-13H,14H2,1H3,(H,25,26). The van der Waals surface area contributed by atoms with Gasteiger partial charge in [0.1, 0.15) is 17.9 Å². The molecule has 0 fully saturated rings. The first-order valence-corrected chi connectivity index (χ1v) is 9.25. The number of hydrogen-bond acceptors (Lipinski definition) is 3. The summed E-state index contributed by atoms with van der Waals surface area (Å²) < 4.78 is 11.5. The predicted octanol–water partition coefficient (Wildman–Crippen LogP) is 6.23. The molecule has 4 rings (SSSR count). The Balaban J connectivity index is 1.41. The molecular weight excluding hydrogens is 374 g/mol. The highest BCUT2D eigenvalue weighted by atomic mass is 35.5. The van der Waals surface area contributed by atoms with Gasteiger partial charge in [-0.15, -0.1) is 0 Å². The number of anilines is 1. The summed E-state index contributed by atoms with van der Waals surface area (Å²) >= 11 is 5.88. The van der Waals surface area contributed by atoms with E-state index in [1.165, 1.54) is 0 Å². The molecule has 4 aromatic rings. The molecule has 0 aliphatic rings. The van der Waals surface area contributed by atoms with Crippen molar-refractivity contribution in [3.05, 3.63) is 94.7 Å². The number of para-hydroxylation sites is 1. The number of carbonyl (C=O) groups is 1. The zero-order valence-electron chi connectivity index (χ0n) is 15.2.